The lowest BCUT2D eigenvalue weighted by molar-refractivity contribution is 0.298. The van der Waals surface area contributed by atoms with Crippen molar-refractivity contribution in [2.24, 2.45) is 4.99 Å². The molecule has 0 unspecified atom stereocenters. The van der Waals surface area contributed by atoms with E-state index in [4.69, 9.17) is 4.74 Å². The van der Waals surface area contributed by atoms with Gasteiger partial charge in [0, 0.05) is 32.6 Å². The molecule has 0 spiro atoms. The summed E-state index contributed by atoms with van der Waals surface area (Å²) in [5.74, 6) is 2.14. The predicted molar refractivity (Wildman–Crippen MR) is 113 cm³/mol. The SMILES string of the molecule is CCOc1ccc(CNC(=NC)N2CCC(c3ncn[nH]3)CC2)cc1F.I. The van der Waals surface area contributed by atoms with E-state index in [1.165, 1.54) is 6.07 Å². The van der Waals surface area contributed by atoms with Gasteiger partial charge in [0.25, 0.3) is 0 Å². The Labute approximate surface area is 175 Å². The summed E-state index contributed by atoms with van der Waals surface area (Å²) in [5, 5.41) is 10.2. The van der Waals surface area contributed by atoms with Gasteiger partial charge in [-0.15, -0.1) is 24.0 Å². The molecule has 0 atom stereocenters. The highest BCUT2D eigenvalue weighted by Gasteiger charge is 2.24. The van der Waals surface area contributed by atoms with Gasteiger partial charge >= 0.3 is 0 Å². The molecule has 1 saturated heterocycles. The highest BCUT2D eigenvalue weighted by Crippen LogP contribution is 2.25. The zero-order chi connectivity index (χ0) is 18.4. The fourth-order valence-corrected chi connectivity index (χ4v) is 3.22. The van der Waals surface area contributed by atoms with Gasteiger partial charge in [-0.25, -0.2) is 9.37 Å². The van der Waals surface area contributed by atoms with Crippen LogP contribution in [0.3, 0.4) is 0 Å². The molecule has 148 valence electrons. The Bertz CT molecular complexity index is 731. The molecular formula is C18H26FIN6O. The van der Waals surface area contributed by atoms with E-state index in [2.05, 4.69) is 30.4 Å². The summed E-state index contributed by atoms with van der Waals surface area (Å²) in [5.41, 5.74) is 0.851. The van der Waals surface area contributed by atoms with Gasteiger partial charge in [-0.05, 0) is 37.5 Å². The number of nitrogens with one attached hydrogen (secondary N) is 2. The first-order chi connectivity index (χ1) is 12.7. The molecule has 7 nitrogen and oxygen atoms in total. The van der Waals surface area contributed by atoms with Crippen molar-refractivity contribution in [1.82, 2.24) is 25.4 Å². The third kappa shape index (κ3) is 5.53. The topological polar surface area (TPSA) is 78.4 Å². The van der Waals surface area contributed by atoms with Crippen molar-refractivity contribution in [2.75, 3.05) is 26.7 Å². The van der Waals surface area contributed by atoms with E-state index >= 15 is 0 Å². The van der Waals surface area contributed by atoms with Crippen LogP contribution >= 0.6 is 24.0 Å². The molecule has 1 aliphatic rings. The fraction of sp³-hybridized carbons (Fsp3) is 0.500. The zero-order valence-electron chi connectivity index (χ0n) is 15.6. The van der Waals surface area contributed by atoms with E-state index < -0.39 is 0 Å². The molecule has 2 heterocycles. The number of rotatable bonds is 5. The van der Waals surface area contributed by atoms with Crippen LogP contribution in [0.5, 0.6) is 5.75 Å². The number of benzene rings is 1. The number of nitrogens with zero attached hydrogens (tertiary/aromatic N) is 4. The minimum atomic E-state index is -0.339. The molecule has 9 heteroatoms. The first-order valence-corrected chi connectivity index (χ1v) is 8.93. The quantitative estimate of drug-likeness (QED) is 0.385. The van der Waals surface area contributed by atoms with E-state index in [0.717, 1.165) is 43.3 Å². The van der Waals surface area contributed by atoms with E-state index in [1.807, 2.05) is 13.0 Å². The van der Waals surface area contributed by atoms with Gasteiger partial charge in [-0.3, -0.25) is 10.1 Å². The number of hydrogen-bond acceptors (Lipinski definition) is 4. The van der Waals surface area contributed by atoms with Crippen LogP contribution in [-0.2, 0) is 6.54 Å². The van der Waals surface area contributed by atoms with E-state index in [9.17, 15) is 4.39 Å². The van der Waals surface area contributed by atoms with Crippen LogP contribution in [-0.4, -0.2) is 52.8 Å². The fourth-order valence-electron chi connectivity index (χ4n) is 3.22. The second-order valence-corrected chi connectivity index (χ2v) is 6.23. The van der Waals surface area contributed by atoms with Crippen molar-refractivity contribution >= 4 is 29.9 Å². The summed E-state index contributed by atoms with van der Waals surface area (Å²) in [6.07, 6.45) is 3.54. The molecule has 3 rings (SSSR count). The maximum atomic E-state index is 14.0. The maximum absolute atomic E-state index is 14.0. The first-order valence-electron chi connectivity index (χ1n) is 8.93. The lowest BCUT2D eigenvalue weighted by atomic mass is 9.96. The number of H-pyrrole nitrogens is 1. The minimum Gasteiger partial charge on any atom is -0.491 e. The second kappa shape index (κ2) is 10.4. The Morgan fingerprint density at radius 3 is 2.78 bits per heavy atom. The van der Waals surface area contributed by atoms with Gasteiger partial charge in [-0.1, -0.05) is 6.07 Å². The number of aliphatic imine (C=N–C) groups is 1. The lowest BCUT2D eigenvalue weighted by Crippen LogP contribution is -2.45. The van der Waals surface area contributed by atoms with Crippen molar-refractivity contribution in [2.45, 2.75) is 32.2 Å². The minimum absolute atomic E-state index is 0. The van der Waals surface area contributed by atoms with Gasteiger partial charge in [0.05, 0.1) is 6.61 Å². The summed E-state index contributed by atoms with van der Waals surface area (Å²) in [7, 11) is 1.77. The normalized spacial score (nSPS) is 15.4. The van der Waals surface area contributed by atoms with Crippen molar-refractivity contribution < 1.29 is 9.13 Å². The molecule has 0 radical (unpaired) electrons. The average molecular weight is 488 g/mol. The summed E-state index contributed by atoms with van der Waals surface area (Å²) < 4.78 is 19.2. The lowest BCUT2D eigenvalue weighted by Gasteiger charge is -2.33. The highest BCUT2D eigenvalue weighted by molar-refractivity contribution is 14.0. The average Bonchev–Trinajstić information content (AvgIpc) is 3.20. The second-order valence-electron chi connectivity index (χ2n) is 6.23. The van der Waals surface area contributed by atoms with Crippen LogP contribution in [0.15, 0.2) is 29.5 Å². The monoisotopic (exact) mass is 488 g/mol. The van der Waals surface area contributed by atoms with Crippen LogP contribution in [0, 0.1) is 5.82 Å². The molecule has 0 amide bonds. The standard InChI is InChI=1S/C18H25FN6O.HI/c1-3-26-16-5-4-13(10-15(16)19)11-21-18(20-2)25-8-6-14(7-9-25)17-22-12-23-24-17;/h4-5,10,12,14H,3,6-9,11H2,1-2H3,(H,20,21)(H,22,23,24);1H. The van der Waals surface area contributed by atoms with Crippen LogP contribution in [0.25, 0.3) is 0 Å². The summed E-state index contributed by atoms with van der Waals surface area (Å²) in [4.78, 5) is 10.8. The highest BCUT2D eigenvalue weighted by atomic mass is 127. The Morgan fingerprint density at radius 2 is 2.19 bits per heavy atom. The van der Waals surface area contributed by atoms with Gasteiger partial charge in [0.15, 0.2) is 17.5 Å². The smallest absolute Gasteiger partial charge is 0.193 e. The molecule has 1 aromatic carbocycles. The zero-order valence-corrected chi connectivity index (χ0v) is 17.9. The number of ether oxygens (including phenoxy) is 1. The predicted octanol–water partition coefficient (Wildman–Crippen LogP) is 2.92. The van der Waals surface area contributed by atoms with E-state index in [0.29, 0.717) is 19.1 Å². The molecule has 1 aliphatic heterocycles. The Hall–Kier alpha value is -1.91. The molecule has 0 saturated carbocycles. The Balaban J connectivity index is 0.00000261. The van der Waals surface area contributed by atoms with Crippen molar-refractivity contribution in [1.29, 1.82) is 0 Å². The number of aromatic amines is 1. The van der Waals surface area contributed by atoms with Crippen molar-refractivity contribution in [3.05, 3.63) is 41.7 Å². The number of halogens is 2. The number of likely N-dealkylation sites (tertiary alicyclic amines) is 1. The number of piperidine rings is 1. The van der Waals surface area contributed by atoms with E-state index in [-0.39, 0.29) is 35.5 Å². The Morgan fingerprint density at radius 1 is 1.41 bits per heavy atom. The molecular weight excluding hydrogens is 462 g/mol. The molecule has 1 fully saturated rings. The third-order valence-electron chi connectivity index (χ3n) is 4.57. The summed E-state index contributed by atoms with van der Waals surface area (Å²) in [6, 6.07) is 5.04. The third-order valence-corrected chi connectivity index (χ3v) is 4.57. The van der Waals surface area contributed by atoms with Gasteiger partial charge in [0.1, 0.15) is 12.2 Å². The maximum Gasteiger partial charge on any atom is 0.193 e. The Kier molecular flexibility index (Phi) is 8.26. The van der Waals surface area contributed by atoms with E-state index in [1.54, 1.807) is 19.4 Å². The first kappa shape index (κ1) is 21.4. The van der Waals surface area contributed by atoms with Gasteiger partial charge < -0.3 is 15.0 Å². The molecule has 27 heavy (non-hydrogen) atoms. The van der Waals surface area contributed by atoms with Crippen molar-refractivity contribution in [3.63, 3.8) is 0 Å². The van der Waals surface area contributed by atoms with Crippen LogP contribution < -0.4 is 10.1 Å². The van der Waals surface area contributed by atoms with Gasteiger partial charge in [-0.2, -0.15) is 5.10 Å². The van der Waals surface area contributed by atoms with Crippen LogP contribution in [0.2, 0.25) is 0 Å². The van der Waals surface area contributed by atoms with Gasteiger partial charge in [0.2, 0.25) is 0 Å². The molecule has 0 aliphatic carbocycles. The molecule has 1 aromatic heterocycles. The largest absolute Gasteiger partial charge is 0.491 e. The molecule has 2 N–H and O–H groups in total. The van der Waals surface area contributed by atoms with Crippen LogP contribution in [0.4, 0.5) is 4.39 Å². The summed E-state index contributed by atoms with van der Waals surface area (Å²) in [6.45, 7) is 4.58. The molecule has 0 bridgehead atoms. The van der Waals surface area contributed by atoms with Crippen LogP contribution in [0.1, 0.15) is 37.1 Å². The number of aromatic nitrogens is 3. The summed E-state index contributed by atoms with van der Waals surface area (Å²) >= 11 is 0. The van der Waals surface area contributed by atoms with Crippen molar-refractivity contribution in [3.8, 4) is 5.75 Å². The molecule has 2 aromatic rings. The number of hydrogen-bond donors (Lipinski definition) is 2. The number of guanidine groups is 1.